The Labute approximate surface area is 148 Å². The third-order valence-corrected chi connectivity index (χ3v) is 4.63. The minimum Gasteiger partial charge on any atom is -0.321 e. The molecule has 0 saturated carbocycles. The highest BCUT2D eigenvalue weighted by Gasteiger charge is 2.13. The lowest BCUT2D eigenvalue weighted by molar-refractivity contribution is 0.102. The van der Waals surface area contributed by atoms with Gasteiger partial charge < -0.3 is 5.32 Å². The molecule has 0 saturated heterocycles. The summed E-state index contributed by atoms with van der Waals surface area (Å²) in [6.45, 7) is 0. The third-order valence-electron chi connectivity index (χ3n) is 3.13. The first-order valence-electron chi connectivity index (χ1n) is 7.14. The average molecular weight is 377 g/mol. The number of aromatic nitrogens is 3. The summed E-state index contributed by atoms with van der Waals surface area (Å²) in [5, 5.41) is 9.20. The molecule has 1 amide bonds. The van der Waals surface area contributed by atoms with Gasteiger partial charge in [0.2, 0.25) is 10.0 Å². The van der Waals surface area contributed by atoms with Gasteiger partial charge in [-0.25, -0.2) is 13.4 Å². The maximum Gasteiger partial charge on any atom is 0.275 e. The van der Waals surface area contributed by atoms with Crippen molar-refractivity contribution in [3.05, 3.63) is 47.7 Å². The summed E-state index contributed by atoms with van der Waals surface area (Å²) in [4.78, 5) is 16.6. The molecule has 25 heavy (non-hydrogen) atoms. The second kappa shape index (κ2) is 6.65. The van der Waals surface area contributed by atoms with Crippen molar-refractivity contribution in [2.24, 2.45) is 7.05 Å². The van der Waals surface area contributed by atoms with Crippen molar-refractivity contribution in [1.82, 2.24) is 14.8 Å². The van der Waals surface area contributed by atoms with Crippen LogP contribution >= 0.6 is 11.3 Å². The molecule has 0 aliphatic rings. The highest BCUT2D eigenvalue weighted by atomic mass is 32.2. The Morgan fingerprint density at radius 2 is 1.88 bits per heavy atom. The summed E-state index contributed by atoms with van der Waals surface area (Å²) >= 11 is 1.36. The van der Waals surface area contributed by atoms with Gasteiger partial charge in [0.1, 0.15) is 10.7 Å². The standard InChI is InChI=1S/C15H15N5O3S2/c1-20-8-10(7-16-20)15-18-13(9-24-15)14(21)17-11-3-5-12(6-4-11)19-25(2,22)23/h3-9,19H,1-2H3,(H,17,21). The average Bonchev–Trinajstić information content (AvgIpc) is 3.16. The maximum absolute atomic E-state index is 12.3. The number of hydrogen-bond donors (Lipinski definition) is 2. The SMILES string of the molecule is Cn1cc(-c2nc(C(=O)Nc3ccc(NS(C)(=O)=O)cc3)cs2)cn1. The van der Waals surface area contributed by atoms with Gasteiger partial charge in [0, 0.05) is 35.6 Å². The van der Waals surface area contributed by atoms with Gasteiger partial charge in [-0.1, -0.05) is 0 Å². The van der Waals surface area contributed by atoms with E-state index in [1.165, 1.54) is 11.3 Å². The van der Waals surface area contributed by atoms with E-state index in [1.54, 1.807) is 40.5 Å². The number of nitrogens with one attached hydrogen (secondary N) is 2. The first-order chi connectivity index (χ1) is 11.8. The van der Waals surface area contributed by atoms with Crippen LogP contribution in [0.2, 0.25) is 0 Å². The van der Waals surface area contributed by atoms with E-state index < -0.39 is 10.0 Å². The summed E-state index contributed by atoms with van der Waals surface area (Å²) in [7, 11) is -1.52. The quantitative estimate of drug-likeness (QED) is 0.709. The fourth-order valence-corrected chi connectivity index (χ4v) is 3.41. The van der Waals surface area contributed by atoms with Crippen LogP contribution in [0.1, 0.15) is 10.5 Å². The maximum atomic E-state index is 12.3. The largest absolute Gasteiger partial charge is 0.321 e. The van der Waals surface area contributed by atoms with Crippen molar-refractivity contribution in [3.63, 3.8) is 0 Å². The van der Waals surface area contributed by atoms with E-state index in [9.17, 15) is 13.2 Å². The van der Waals surface area contributed by atoms with E-state index in [2.05, 4.69) is 20.1 Å². The van der Waals surface area contributed by atoms with Crippen LogP contribution in [-0.2, 0) is 17.1 Å². The van der Waals surface area contributed by atoms with Crippen LogP contribution in [0, 0.1) is 0 Å². The lowest BCUT2D eigenvalue weighted by atomic mass is 10.3. The number of rotatable bonds is 5. The topological polar surface area (TPSA) is 106 Å². The summed E-state index contributed by atoms with van der Waals surface area (Å²) in [5.41, 5.74) is 2.12. The number of sulfonamides is 1. The fraction of sp³-hybridized carbons (Fsp3) is 0.133. The molecule has 3 aromatic rings. The molecule has 0 aliphatic heterocycles. The Bertz CT molecular complexity index is 1010. The zero-order valence-electron chi connectivity index (χ0n) is 13.4. The van der Waals surface area contributed by atoms with Crippen LogP contribution in [0.4, 0.5) is 11.4 Å². The monoisotopic (exact) mass is 377 g/mol. The molecule has 0 bridgehead atoms. The van der Waals surface area contributed by atoms with Crippen molar-refractivity contribution in [2.75, 3.05) is 16.3 Å². The van der Waals surface area contributed by atoms with E-state index in [0.717, 1.165) is 11.8 Å². The molecule has 3 rings (SSSR count). The van der Waals surface area contributed by atoms with Gasteiger partial charge in [-0.15, -0.1) is 11.3 Å². The van der Waals surface area contributed by atoms with Gasteiger partial charge in [0.05, 0.1) is 12.5 Å². The van der Waals surface area contributed by atoms with Gasteiger partial charge >= 0.3 is 0 Å². The zero-order chi connectivity index (χ0) is 18.0. The molecular weight excluding hydrogens is 362 g/mol. The smallest absolute Gasteiger partial charge is 0.275 e. The molecule has 0 aliphatic carbocycles. The predicted octanol–water partition coefficient (Wildman–Crippen LogP) is 2.17. The number of thiazole rings is 1. The van der Waals surface area contributed by atoms with Crippen LogP contribution in [-0.4, -0.2) is 35.3 Å². The Balaban J connectivity index is 1.69. The first kappa shape index (κ1) is 17.1. The molecule has 2 N–H and O–H groups in total. The molecule has 0 spiro atoms. The summed E-state index contributed by atoms with van der Waals surface area (Å²) in [6.07, 6.45) is 4.59. The summed E-state index contributed by atoms with van der Waals surface area (Å²) < 4.78 is 26.4. The highest BCUT2D eigenvalue weighted by Crippen LogP contribution is 2.23. The number of aryl methyl sites for hydroxylation is 1. The minimum atomic E-state index is -3.33. The second-order valence-corrected chi connectivity index (χ2v) is 7.95. The molecule has 8 nitrogen and oxygen atoms in total. The zero-order valence-corrected chi connectivity index (χ0v) is 15.1. The number of hydrogen-bond acceptors (Lipinski definition) is 6. The minimum absolute atomic E-state index is 0.308. The van der Waals surface area contributed by atoms with Crippen LogP contribution < -0.4 is 10.0 Å². The van der Waals surface area contributed by atoms with Gasteiger partial charge in [0.25, 0.3) is 5.91 Å². The van der Waals surface area contributed by atoms with Gasteiger partial charge in [-0.2, -0.15) is 5.10 Å². The Kier molecular flexibility index (Phi) is 4.55. The number of benzene rings is 1. The first-order valence-corrected chi connectivity index (χ1v) is 9.91. The number of carbonyl (C=O) groups excluding carboxylic acids is 1. The van der Waals surface area contributed by atoms with Crippen LogP contribution in [0.15, 0.2) is 42.0 Å². The fourth-order valence-electron chi connectivity index (χ4n) is 2.07. The number of amides is 1. The van der Waals surface area contributed by atoms with Crippen LogP contribution in [0.25, 0.3) is 10.6 Å². The molecule has 0 fully saturated rings. The Morgan fingerprint density at radius 1 is 1.20 bits per heavy atom. The van der Waals surface area contributed by atoms with E-state index in [4.69, 9.17) is 0 Å². The summed E-state index contributed by atoms with van der Waals surface area (Å²) in [5.74, 6) is -0.338. The van der Waals surface area contributed by atoms with E-state index in [-0.39, 0.29) is 5.91 Å². The van der Waals surface area contributed by atoms with Crippen molar-refractivity contribution in [2.45, 2.75) is 0 Å². The molecule has 130 valence electrons. The van der Waals surface area contributed by atoms with Gasteiger partial charge in [0.15, 0.2) is 0 Å². The molecular formula is C15H15N5O3S2. The molecule has 10 heteroatoms. The van der Waals surface area contributed by atoms with Crippen LogP contribution in [0.5, 0.6) is 0 Å². The predicted molar refractivity (Wildman–Crippen MR) is 97.2 cm³/mol. The summed E-state index contributed by atoms with van der Waals surface area (Å²) in [6, 6.07) is 6.36. The molecule has 1 aromatic carbocycles. The van der Waals surface area contributed by atoms with E-state index in [0.29, 0.717) is 22.1 Å². The van der Waals surface area contributed by atoms with Crippen molar-refractivity contribution >= 4 is 38.6 Å². The number of carbonyl (C=O) groups is 1. The Morgan fingerprint density at radius 3 is 2.48 bits per heavy atom. The van der Waals surface area contributed by atoms with Gasteiger partial charge in [-0.05, 0) is 24.3 Å². The third kappa shape index (κ3) is 4.43. The van der Waals surface area contributed by atoms with E-state index in [1.807, 2.05) is 13.2 Å². The molecule has 2 heterocycles. The molecule has 0 radical (unpaired) electrons. The number of anilines is 2. The van der Waals surface area contributed by atoms with Gasteiger partial charge in [-0.3, -0.25) is 14.2 Å². The normalized spacial score (nSPS) is 11.3. The second-order valence-electron chi connectivity index (χ2n) is 5.35. The van der Waals surface area contributed by atoms with Crippen LogP contribution in [0.3, 0.4) is 0 Å². The molecule has 0 atom stereocenters. The van der Waals surface area contributed by atoms with E-state index >= 15 is 0 Å². The van der Waals surface area contributed by atoms with Crippen molar-refractivity contribution in [1.29, 1.82) is 0 Å². The van der Waals surface area contributed by atoms with Crippen molar-refractivity contribution in [3.8, 4) is 10.6 Å². The molecule has 0 unspecified atom stereocenters. The Hall–Kier alpha value is -2.72. The number of nitrogens with zero attached hydrogens (tertiary/aromatic N) is 3. The molecule has 2 aromatic heterocycles. The lowest BCUT2D eigenvalue weighted by Crippen LogP contribution is -2.13. The lowest BCUT2D eigenvalue weighted by Gasteiger charge is -2.06. The highest BCUT2D eigenvalue weighted by molar-refractivity contribution is 7.92. The van der Waals surface area contributed by atoms with Crippen molar-refractivity contribution < 1.29 is 13.2 Å².